The minimum absolute atomic E-state index is 0.0206. The topological polar surface area (TPSA) is 50.3 Å². The molecule has 0 atom stereocenters. The molecule has 0 unspecified atom stereocenters. The predicted octanol–water partition coefficient (Wildman–Crippen LogP) is 4.09. The van der Waals surface area contributed by atoms with E-state index in [9.17, 15) is 8.42 Å². The number of halogens is 2. The van der Waals surface area contributed by atoms with Gasteiger partial charge in [0.2, 0.25) is 10.0 Å². The minimum atomic E-state index is -3.61. The van der Waals surface area contributed by atoms with Crippen LogP contribution in [0.4, 0.5) is 0 Å². The third kappa shape index (κ3) is 3.78. The molecule has 0 N–H and O–H groups in total. The molecule has 0 spiro atoms. The highest BCUT2D eigenvalue weighted by atomic mass is 79.9. The van der Waals surface area contributed by atoms with Crippen molar-refractivity contribution in [2.24, 2.45) is 5.92 Å². The molecule has 7 heteroatoms. The van der Waals surface area contributed by atoms with E-state index in [-0.39, 0.29) is 16.1 Å². The lowest BCUT2D eigenvalue weighted by Crippen LogP contribution is -2.39. The van der Waals surface area contributed by atoms with Gasteiger partial charge in [-0.15, -0.1) is 0 Å². The van der Waals surface area contributed by atoms with Gasteiger partial charge in [-0.25, -0.2) is 13.4 Å². The Balaban J connectivity index is 2.21. The zero-order valence-corrected chi connectivity index (χ0v) is 15.4. The fourth-order valence-corrected chi connectivity index (χ4v) is 5.19. The van der Waals surface area contributed by atoms with Crippen LogP contribution in [0.2, 0.25) is 5.15 Å². The summed E-state index contributed by atoms with van der Waals surface area (Å²) in [5.41, 5.74) is 0. The maximum atomic E-state index is 12.7. The Labute approximate surface area is 140 Å². The molecule has 1 aromatic rings. The first-order valence-corrected chi connectivity index (χ1v) is 9.76. The highest BCUT2D eigenvalue weighted by Crippen LogP contribution is 2.33. The number of rotatable bonds is 4. The number of aromatic nitrogens is 1. The molecular weight excluding hydrogens is 376 g/mol. The summed E-state index contributed by atoms with van der Waals surface area (Å²) in [4.78, 5) is 3.98. The van der Waals surface area contributed by atoms with Gasteiger partial charge < -0.3 is 0 Å². The SMILES string of the molecule is CCC1CCC(N(C)S(=O)(=O)c2cc(Br)cnc2Cl)CC1. The zero-order valence-electron chi connectivity index (χ0n) is 12.2. The van der Waals surface area contributed by atoms with Crippen molar-refractivity contribution in [2.75, 3.05) is 7.05 Å². The summed E-state index contributed by atoms with van der Waals surface area (Å²) in [7, 11) is -1.96. The van der Waals surface area contributed by atoms with E-state index in [1.54, 1.807) is 7.05 Å². The summed E-state index contributed by atoms with van der Waals surface area (Å²) in [5, 5.41) is 0.0206. The van der Waals surface area contributed by atoms with E-state index in [1.807, 2.05) is 0 Å². The molecule has 1 fully saturated rings. The van der Waals surface area contributed by atoms with Gasteiger partial charge in [0.25, 0.3) is 0 Å². The van der Waals surface area contributed by atoms with Crippen molar-refractivity contribution in [2.45, 2.75) is 50.0 Å². The molecule has 0 aliphatic heterocycles. The van der Waals surface area contributed by atoms with E-state index in [4.69, 9.17) is 11.6 Å². The normalized spacial score (nSPS) is 23.5. The van der Waals surface area contributed by atoms with Crippen molar-refractivity contribution in [1.29, 1.82) is 0 Å². The van der Waals surface area contributed by atoms with Crippen LogP contribution < -0.4 is 0 Å². The molecule has 0 amide bonds. The van der Waals surface area contributed by atoms with Gasteiger partial charge >= 0.3 is 0 Å². The number of sulfonamides is 1. The van der Waals surface area contributed by atoms with Crippen molar-refractivity contribution in [1.82, 2.24) is 9.29 Å². The van der Waals surface area contributed by atoms with Crippen LogP contribution >= 0.6 is 27.5 Å². The first kappa shape index (κ1) is 17.2. The van der Waals surface area contributed by atoms with Gasteiger partial charge in [0.15, 0.2) is 0 Å². The second kappa shape index (κ2) is 6.94. The second-order valence-electron chi connectivity index (χ2n) is 5.55. The molecule has 1 heterocycles. The molecule has 0 saturated heterocycles. The summed E-state index contributed by atoms with van der Waals surface area (Å²) in [6.07, 6.45) is 6.66. The molecule has 4 nitrogen and oxygen atoms in total. The summed E-state index contributed by atoms with van der Waals surface area (Å²) in [6, 6.07) is 1.56. The van der Waals surface area contributed by atoms with Crippen LogP contribution in [0.25, 0.3) is 0 Å². The Morgan fingerprint density at radius 1 is 1.38 bits per heavy atom. The maximum Gasteiger partial charge on any atom is 0.246 e. The molecule has 0 radical (unpaired) electrons. The van der Waals surface area contributed by atoms with Crippen molar-refractivity contribution < 1.29 is 8.42 Å². The minimum Gasteiger partial charge on any atom is -0.242 e. The Morgan fingerprint density at radius 3 is 2.57 bits per heavy atom. The summed E-state index contributed by atoms with van der Waals surface area (Å²) in [5.74, 6) is 0.730. The largest absolute Gasteiger partial charge is 0.246 e. The maximum absolute atomic E-state index is 12.7. The fourth-order valence-electron chi connectivity index (χ4n) is 2.85. The van der Waals surface area contributed by atoms with E-state index in [1.165, 1.54) is 23.0 Å². The smallest absolute Gasteiger partial charge is 0.242 e. The Kier molecular flexibility index (Phi) is 5.68. The highest BCUT2D eigenvalue weighted by molar-refractivity contribution is 9.10. The molecule has 1 aliphatic rings. The monoisotopic (exact) mass is 394 g/mol. The number of pyridine rings is 1. The molecule has 0 bridgehead atoms. The van der Waals surface area contributed by atoms with Gasteiger partial charge in [0.05, 0.1) is 0 Å². The van der Waals surface area contributed by atoms with E-state index >= 15 is 0 Å². The standard InChI is InChI=1S/C14H20BrClN2O2S/c1-3-10-4-6-12(7-5-10)18(2)21(19,20)13-8-11(15)9-17-14(13)16/h8-10,12H,3-7H2,1-2H3. The molecule has 0 aromatic carbocycles. The Bertz CT molecular complexity index is 601. The number of nitrogens with zero attached hydrogens (tertiary/aromatic N) is 2. The van der Waals surface area contributed by atoms with E-state index in [2.05, 4.69) is 27.8 Å². The van der Waals surface area contributed by atoms with Gasteiger partial charge in [-0.05, 0) is 53.6 Å². The fraction of sp³-hybridized carbons (Fsp3) is 0.643. The lowest BCUT2D eigenvalue weighted by Gasteiger charge is -2.33. The zero-order chi connectivity index (χ0) is 15.6. The summed E-state index contributed by atoms with van der Waals surface area (Å²) in [6.45, 7) is 2.19. The summed E-state index contributed by atoms with van der Waals surface area (Å²) < 4.78 is 27.5. The third-order valence-electron chi connectivity index (χ3n) is 4.34. The molecule has 1 aliphatic carbocycles. The summed E-state index contributed by atoms with van der Waals surface area (Å²) >= 11 is 9.22. The van der Waals surface area contributed by atoms with Crippen molar-refractivity contribution >= 4 is 37.6 Å². The predicted molar refractivity (Wildman–Crippen MR) is 87.9 cm³/mol. The van der Waals surface area contributed by atoms with Crippen molar-refractivity contribution in [3.63, 3.8) is 0 Å². The van der Waals surface area contributed by atoms with Gasteiger partial charge in [-0.3, -0.25) is 0 Å². The Hall–Kier alpha value is -0.170. The lowest BCUT2D eigenvalue weighted by molar-refractivity contribution is 0.233. The van der Waals surface area contributed by atoms with Crippen molar-refractivity contribution in [3.05, 3.63) is 21.9 Å². The van der Waals surface area contributed by atoms with Gasteiger partial charge in [-0.1, -0.05) is 24.9 Å². The van der Waals surface area contributed by atoms with Crippen LogP contribution in [-0.4, -0.2) is 30.8 Å². The molecule has 1 aromatic heterocycles. The highest BCUT2D eigenvalue weighted by Gasteiger charge is 2.32. The number of hydrogen-bond donors (Lipinski definition) is 0. The van der Waals surface area contributed by atoms with E-state index in [0.29, 0.717) is 4.47 Å². The van der Waals surface area contributed by atoms with E-state index < -0.39 is 10.0 Å². The lowest BCUT2D eigenvalue weighted by atomic mass is 9.85. The van der Waals surface area contributed by atoms with Gasteiger partial charge in [0.1, 0.15) is 10.0 Å². The average molecular weight is 396 g/mol. The molecular formula is C14H20BrClN2O2S. The van der Waals surface area contributed by atoms with Crippen LogP contribution in [0.3, 0.4) is 0 Å². The van der Waals surface area contributed by atoms with Crippen LogP contribution in [0, 0.1) is 5.92 Å². The van der Waals surface area contributed by atoms with Crippen LogP contribution in [0.5, 0.6) is 0 Å². The first-order chi connectivity index (χ1) is 9.86. The molecule has 2 rings (SSSR count). The van der Waals surface area contributed by atoms with E-state index in [0.717, 1.165) is 31.6 Å². The molecule has 21 heavy (non-hydrogen) atoms. The van der Waals surface area contributed by atoms with Gasteiger partial charge in [-0.2, -0.15) is 4.31 Å². The first-order valence-electron chi connectivity index (χ1n) is 7.15. The average Bonchev–Trinajstić information content (AvgIpc) is 2.49. The van der Waals surface area contributed by atoms with Crippen LogP contribution in [-0.2, 0) is 10.0 Å². The van der Waals surface area contributed by atoms with Crippen molar-refractivity contribution in [3.8, 4) is 0 Å². The van der Waals surface area contributed by atoms with Gasteiger partial charge in [0, 0.05) is 23.8 Å². The third-order valence-corrected chi connectivity index (χ3v) is 7.11. The number of hydrogen-bond acceptors (Lipinski definition) is 3. The second-order valence-corrected chi connectivity index (χ2v) is 8.79. The molecule has 1 saturated carbocycles. The van der Waals surface area contributed by atoms with Crippen LogP contribution in [0.15, 0.2) is 21.6 Å². The Morgan fingerprint density at radius 2 is 2.00 bits per heavy atom. The quantitative estimate of drug-likeness (QED) is 0.722. The van der Waals surface area contributed by atoms with Crippen LogP contribution in [0.1, 0.15) is 39.0 Å². The molecule has 118 valence electrons.